The summed E-state index contributed by atoms with van der Waals surface area (Å²) in [5, 5.41) is 4.59. The van der Waals surface area contributed by atoms with Crippen LogP contribution in [0.2, 0.25) is 0 Å². The van der Waals surface area contributed by atoms with Gasteiger partial charge in [0.2, 0.25) is 5.91 Å². The van der Waals surface area contributed by atoms with Gasteiger partial charge in [-0.2, -0.15) is 0 Å². The van der Waals surface area contributed by atoms with Gasteiger partial charge in [0.25, 0.3) is 5.91 Å². The summed E-state index contributed by atoms with van der Waals surface area (Å²) in [5.74, 6) is -0.189. The van der Waals surface area contributed by atoms with Crippen molar-refractivity contribution in [2.24, 2.45) is 0 Å². The number of hydrogen-bond acceptors (Lipinski definition) is 4. The monoisotopic (exact) mass is 370 g/mol. The number of rotatable bonds is 7. The Balaban J connectivity index is 1.47. The first-order chi connectivity index (χ1) is 12.5. The lowest BCUT2D eigenvalue weighted by molar-refractivity contribution is -0.127. The Bertz CT molecular complexity index is 800. The molecule has 2 amide bonds. The average Bonchev–Trinajstić information content (AvgIpc) is 3.23. The number of hydrogen-bond donors (Lipinski definition) is 1. The number of carbonyl (C=O) groups is 3. The molecule has 1 aliphatic heterocycles. The number of Topliss-reactive ketones (excluding diaryl/α,β-unsaturated/α-hetero) is 1. The second kappa shape index (κ2) is 8.27. The van der Waals surface area contributed by atoms with Gasteiger partial charge in [-0.25, -0.2) is 0 Å². The second-order valence-electron chi connectivity index (χ2n) is 6.56. The van der Waals surface area contributed by atoms with Crippen LogP contribution in [0.25, 0.3) is 0 Å². The van der Waals surface area contributed by atoms with Crippen LogP contribution >= 0.6 is 11.3 Å². The molecule has 0 saturated carbocycles. The molecule has 26 heavy (non-hydrogen) atoms. The fourth-order valence-corrected chi connectivity index (χ4v) is 3.90. The van der Waals surface area contributed by atoms with Crippen LogP contribution in [0.15, 0.2) is 41.8 Å². The fraction of sp³-hybridized carbons (Fsp3) is 0.350. The highest BCUT2D eigenvalue weighted by Crippen LogP contribution is 2.17. The Hall–Kier alpha value is -2.47. The summed E-state index contributed by atoms with van der Waals surface area (Å²) in [5.41, 5.74) is 1.75. The number of likely N-dealkylation sites (tertiary alicyclic amines) is 1. The summed E-state index contributed by atoms with van der Waals surface area (Å²) in [4.78, 5) is 38.2. The van der Waals surface area contributed by atoms with E-state index in [1.54, 1.807) is 11.4 Å². The Morgan fingerprint density at radius 2 is 2.04 bits per heavy atom. The quantitative estimate of drug-likeness (QED) is 0.762. The van der Waals surface area contributed by atoms with E-state index in [2.05, 4.69) is 17.4 Å². The molecule has 1 fully saturated rings. The second-order valence-corrected chi connectivity index (χ2v) is 7.47. The van der Waals surface area contributed by atoms with Gasteiger partial charge in [0, 0.05) is 24.9 Å². The third-order valence-corrected chi connectivity index (χ3v) is 5.53. The summed E-state index contributed by atoms with van der Waals surface area (Å²) in [6.07, 6.45) is 2.17. The molecular formula is C20H22N2O3S. The molecule has 1 aliphatic rings. The van der Waals surface area contributed by atoms with Crippen molar-refractivity contribution in [2.45, 2.75) is 32.2 Å². The largest absolute Gasteiger partial charge is 0.347 e. The lowest BCUT2D eigenvalue weighted by Gasteiger charge is -2.17. The molecule has 6 heteroatoms. The molecule has 136 valence electrons. The number of amides is 2. The molecule has 1 N–H and O–H groups in total. The number of ketones is 1. The summed E-state index contributed by atoms with van der Waals surface area (Å²) < 4.78 is 0. The Kier molecular flexibility index (Phi) is 5.83. The van der Waals surface area contributed by atoms with E-state index < -0.39 is 0 Å². The van der Waals surface area contributed by atoms with Gasteiger partial charge in [-0.05, 0) is 31.4 Å². The Labute approximate surface area is 157 Å². The van der Waals surface area contributed by atoms with Crippen molar-refractivity contribution < 1.29 is 14.4 Å². The zero-order valence-electron chi connectivity index (χ0n) is 14.7. The minimum absolute atomic E-state index is 0.0466. The fourth-order valence-electron chi connectivity index (χ4n) is 3.11. The van der Waals surface area contributed by atoms with Crippen LogP contribution < -0.4 is 5.32 Å². The van der Waals surface area contributed by atoms with E-state index in [1.165, 1.54) is 23.8 Å². The van der Waals surface area contributed by atoms with Crippen molar-refractivity contribution in [1.82, 2.24) is 10.2 Å². The van der Waals surface area contributed by atoms with Crippen molar-refractivity contribution in [3.05, 3.63) is 57.8 Å². The Morgan fingerprint density at radius 3 is 2.73 bits per heavy atom. The minimum Gasteiger partial charge on any atom is -0.347 e. The molecule has 0 radical (unpaired) electrons. The number of aryl methyl sites for hydroxylation is 1. The summed E-state index contributed by atoms with van der Waals surface area (Å²) in [7, 11) is 0. The van der Waals surface area contributed by atoms with E-state index in [1.807, 2.05) is 23.1 Å². The van der Waals surface area contributed by atoms with E-state index >= 15 is 0 Å². The van der Waals surface area contributed by atoms with E-state index in [-0.39, 0.29) is 23.6 Å². The maximum atomic E-state index is 12.3. The van der Waals surface area contributed by atoms with Gasteiger partial charge in [-0.1, -0.05) is 30.3 Å². The number of thiophene rings is 1. The number of benzene rings is 1. The van der Waals surface area contributed by atoms with Crippen LogP contribution in [-0.4, -0.2) is 41.6 Å². The topological polar surface area (TPSA) is 66.5 Å². The Morgan fingerprint density at radius 1 is 1.27 bits per heavy atom. The first kappa shape index (κ1) is 18.3. The number of nitrogens with one attached hydrogen (secondary N) is 1. The molecule has 2 heterocycles. The van der Waals surface area contributed by atoms with E-state index in [9.17, 15) is 14.4 Å². The van der Waals surface area contributed by atoms with Gasteiger partial charge in [0.1, 0.15) is 0 Å². The SMILES string of the molecule is CC(=O)c1cc(C(=O)N[C@@H]2CC(=O)N(CCCc3ccccc3)C2)cs1. The third kappa shape index (κ3) is 4.58. The van der Waals surface area contributed by atoms with Gasteiger partial charge in [-0.3, -0.25) is 14.4 Å². The smallest absolute Gasteiger partial charge is 0.252 e. The molecule has 0 spiro atoms. The zero-order chi connectivity index (χ0) is 18.5. The van der Waals surface area contributed by atoms with Gasteiger partial charge < -0.3 is 10.2 Å². The van der Waals surface area contributed by atoms with Crippen LogP contribution in [0.4, 0.5) is 0 Å². The number of nitrogens with zero attached hydrogens (tertiary/aromatic N) is 1. The first-order valence-electron chi connectivity index (χ1n) is 8.75. The van der Waals surface area contributed by atoms with Crippen LogP contribution in [-0.2, 0) is 11.2 Å². The van der Waals surface area contributed by atoms with E-state index in [0.29, 0.717) is 30.0 Å². The molecule has 1 aromatic carbocycles. The van der Waals surface area contributed by atoms with Crippen molar-refractivity contribution in [3.63, 3.8) is 0 Å². The lowest BCUT2D eigenvalue weighted by Crippen LogP contribution is -2.37. The number of carbonyl (C=O) groups excluding carboxylic acids is 3. The average molecular weight is 370 g/mol. The molecule has 0 unspecified atom stereocenters. The maximum Gasteiger partial charge on any atom is 0.252 e. The molecule has 0 bridgehead atoms. The van der Waals surface area contributed by atoms with Crippen molar-refractivity contribution in [3.8, 4) is 0 Å². The molecule has 1 saturated heterocycles. The lowest BCUT2D eigenvalue weighted by atomic mass is 10.1. The third-order valence-electron chi connectivity index (χ3n) is 4.49. The predicted octanol–water partition coefficient (Wildman–Crippen LogP) is 2.91. The molecule has 3 rings (SSSR count). The minimum atomic E-state index is -0.224. The molecule has 0 aliphatic carbocycles. The normalized spacial score (nSPS) is 16.7. The van der Waals surface area contributed by atoms with Crippen LogP contribution in [0.5, 0.6) is 0 Å². The van der Waals surface area contributed by atoms with Gasteiger partial charge >= 0.3 is 0 Å². The zero-order valence-corrected chi connectivity index (χ0v) is 15.6. The molecule has 1 aromatic heterocycles. The molecule has 5 nitrogen and oxygen atoms in total. The standard InChI is InChI=1S/C20H22N2O3S/c1-14(23)18-10-16(13-26-18)20(25)21-17-11-19(24)22(12-17)9-5-8-15-6-3-2-4-7-15/h2-4,6-7,10,13,17H,5,8-9,11-12H2,1H3,(H,21,25)/t17-/m1/s1. The predicted molar refractivity (Wildman–Crippen MR) is 102 cm³/mol. The van der Waals surface area contributed by atoms with Gasteiger partial charge in [0.15, 0.2) is 5.78 Å². The molecule has 1 atom stereocenters. The van der Waals surface area contributed by atoms with E-state index in [4.69, 9.17) is 0 Å². The highest BCUT2D eigenvalue weighted by Gasteiger charge is 2.30. The molecular weight excluding hydrogens is 348 g/mol. The van der Waals surface area contributed by atoms with Crippen molar-refractivity contribution in [2.75, 3.05) is 13.1 Å². The molecule has 2 aromatic rings. The van der Waals surface area contributed by atoms with Gasteiger partial charge in [-0.15, -0.1) is 11.3 Å². The first-order valence-corrected chi connectivity index (χ1v) is 9.63. The van der Waals surface area contributed by atoms with Crippen molar-refractivity contribution >= 4 is 28.9 Å². The highest BCUT2D eigenvalue weighted by atomic mass is 32.1. The van der Waals surface area contributed by atoms with Gasteiger partial charge in [0.05, 0.1) is 16.5 Å². The van der Waals surface area contributed by atoms with Crippen molar-refractivity contribution in [1.29, 1.82) is 0 Å². The van der Waals surface area contributed by atoms with E-state index in [0.717, 1.165) is 12.8 Å². The maximum absolute atomic E-state index is 12.3. The summed E-state index contributed by atoms with van der Waals surface area (Å²) in [6, 6.07) is 11.6. The summed E-state index contributed by atoms with van der Waals surface area (Å²) in [6.45, 7) is 2.73. The van der Waals surface area contributed by atoms with Crippen LogP contribution in [0.1, 0.15) is 45.4 Å². The van der Waals surface area contributed by atoms with Crippen LogP contribution in [0, 0.1) is 0 Å². The van der Waals surface area contributed by atoms with Crippen LogP contribution in [0.3, 0.4) is 0 Å². The highest BCUT2D eigenvalue weighted by molar-refractivity contribution is 7.12. The summed E-state index contributed by atoms with van der Waals surface area (Å²) >= 11 is 1.27.